The summed E-state index contributed by atoms with van der Waals surface area (Å²) in [6, 6.07) is 18.1. The number of nitrogens with zero attached hydrogens (tertiary/aromatic N) is 1. The van der Waals surface area contributed by atoms with Crippen molar-refractivity contribution in [3.8, 4) is 11.3 Å². The van der Waals surface area contributed by atoms with Crippen molar-refractivity contribution in [3.05, 3.63) is 71.6 Å². The van der Waals surface area contributed by atoms with Crippen LogP contribution in [0, 0.1) is 5.92 Å². The highest BCUT2D eigenvalue weighted by Gasteiger charge is 2.23. The molecular weight excluding hydrogens is 370 g/mol. The second-order valence-electron chi connectivity index (χ2n) is 6.91. The van der Waals surface area contributed by atoms with Gasteiger partial charge in [-0.3, -0.25) is 9.59 Å². The second-order valence-corrected chi connectivity index (χ2v) is 7.77. The predicted octanol–water partition coefficient (Wildman–Crippen LogP) is 4.59. The number of thiazole rings is 1. The molecule has 3 aromatic rings. The summed E-state index contributed by atoms with van der Waals surface area (Å²) in [5, 5.41) is 8.12. The van der Waals surface area contributed by atoms with Crippen molar-refractivity contribution in [1.82, 2.24) is 10.3 Å². The topological polar surface area (TPSA) is 71.1 Å². The summed E-state index contributed by atoms with van der Waals surface area (Å²) in [4.78, 5) is 29.8. The summed E-state index contributed by atoms with van der Waals surface area (Å²) in [6.07, 6.45) is 0.543. The fourth-order valence-electron chi connectivity index (χ4n) is 2.80. The molecule has 0 aliphatic carbocycles. The number of anilines is 1. The highest BCUT2D eigenvalue weighted by Crippen LogP contribution is 2.24. The van der Waals surface area contributed by atoms with Gasteiger partial charge in [0.15, 0.2) is 5.13 Å². The quantitative estimate of drug-likeness (QED) is 0.617. The predicted molar refractivity (Wildman–Crippen MR) is 113 cm³/mol. The minimum atomic E-state index is -0.628. The van der Waals surface area contributed by atoms with Gasteiger partial charge in [-0.15, -0.1) is 11.3 Å². The number of amides is 2. The molecule has 1 atom stereocenters. The van der Waals surface area contributed by atoms with E-state index in [1.54, 1.807) is 24.3 Å². The Labute approximate surface area is 168 Å². The largest absolute Gasteiger partial charge is 0.340 e. The van der Waals surface area contributed by atoms with Crippen LogP contribution >= 0.6 is 11.3 Å². The van der Waals surface area contributed by atoms with Gasteiger partial charge in [0.1, 0.15) is 6.04 Å². The first-order chi connectivity index (χ1) is 13.5. The molecule has 3 rings (SSSR count). The highest BCUT2D eigenvalue weighted by molar-refractivity contribution is 7.14. The molecule has 0 saturated heterocycles. The van der Waals surface area contributed by atoms with Crippen molar-refractivity contribution in [1.29, 1.82) is 0 Å². The van der Waals surface area contributed by atoms with E-state index in [0.717, 1.165) is 11.3 Å². The van der Waals surface area contributed by atoms with E-state index in [1.165, 1.54) is 11.3 Å². The molecule has 6 heteroatoms. The number of benzene rings is 2. The van der Waals surface area contributed by atoms with Gasteiger partial charge in [0, 0.05) is 16.5 Å². The number of carbonyl (C=O) groups is 2. The van der Waals surface area contributed by atoms with Crippen molar-refractivity contribution in [2.45, 2.75) is 26.3 Å². The lowest BCUT2D eigenvalue weighted by Crippen LogP contribution is -2.44. The summed E-state index contributed by atoms with van der Waals surface area (Å²) in [7, 11) is 0. The van der Waals surface area contributed by atoms with Gasteiger partial charge in [0.05, 0.1) is 5.69 Å². The summed E-state index contributed by atoms with van der Waals surface area (Å²) in [5.74, 6) is -0.263. The molecule has 0 radical (unpaired) electrons. The van der Waals surface area contributed by atoms with Crippen molar-refractivity contribution >= 4 is 28.3 Å². The van der Waals surface area contributed by atoms with E-state index < -0.39 is 6.04 Å². The van der Waals surface area contributed by atoms with Crippen molar-refractivity contribution in [3.63, 3.8) is 0 Å². The van der Waals surface area contributed by atoms with E-state index in [-0.39, 0.29) is 17.7 Å². The van der Waals surface area contributed by atoms with E-state index in [4.69, 9.17) is 0 Å². The maximum Gasteiger partial charge on any atom is 0.251 e. The average Bonchev–Trinajstić information content (AvgIpc) is 3.17. The molecule has 0 saturated carbocycles. The van der Waals surface area contributed by atoms with Crippen molar-refractivity contribution < 1.29 is 9.59 Å². The second kappa shape index (κ2) is 9.28. The number of hydrogen-bond acceptors (Lipinski definition) is 4. The molecule has 2 amide bonds. The number of rotatable bonds is 7. The molecule has 0 aliphatic rings. The van der Waals surface area contributed by atoms with Crippen LogP contribution in [0.15, 0.2) is 66.0 Å². The lowest BCUT2D eigenvalue weighted by Gasteiger charge is -2.19. The van der Waals surface area contributed by atoms with E-state index in [0.29, 0.717) is 17.1 Å². The van der Waals surface area contributed by atoms with Crippen LogP contribution in [0.5, 0.6) is 0 Å². The minimum Gasteiger partial charge on any atom is -0.340 e. The Balaban J connectivity index is 1.70. The van der Waals surface area contributed by atoms with Crippen molar-refractivity contribution in [2.24, 2.45) is 5.92 Å². The zero-order valence-electron chi connectivity index (χ0n) is 15.9. The third kappa shape index (κ3) is 5.27. The normalized spacial score (nSPS) is 11.8. The molecule has 1 unspecified atom stereocenters. The lowest BCUT2D eigenvalue weighted by molar-refractivity contribution is -0.118. The Bertz CT molecular complexity index is 923. The van der Waals surface area contributed by atoms with Crippen LogP contribution in [0.25, 0.3) is 11.3 Å². The van der Waals surface area contributed by atoms with Gasteiger partial charge in [0.25, 0.3) is 5.91 Å². The summed E-state index contributed by atoms with van der Waals surface area (Å²) in [5.41, 5.74) is 2.34. The Hall–Kier alpha value is -2.99. The third-order valence-corrected chi connectivity index (χ3v) is 4.93. The van der Waals surface area contributed by atoms with Gasteiger partial charge in [-0.25, -0.2) is 4.98 Å². The first-order valence-corrected chi connectivity index (χ1v) is 10.1. The lowest BCUT2D eigenvalue weighted by atomic mass is 10.0. The van der Waals surface area contributed by atoms with Crippen LogP contribution in [0.3, 0.4) is 0 Å². The molecule has 1 aromatic heterocycles. The van der Waals surface area contributed by atoms with Gasteiger partial charge < -0.3 is 10.6 Å². The van der Waals surface area contributed by atoms with E-state index in [2.05, 4.69) is 15.6 Å². The van der Waals surface area contributed by atoms with Gasteiger partial charge >= 0.3 is 0 Å². The molecule has 2 aromatic carbocycles. The van der Waals surface area contributed by atoms with Crippen LogP contribution in [0.1, 0.15) is 30.6 Å². The SMILES string of the molecule is CC(C)CC(NC(=O)c1ccccc1)C(=O)Nc1nc(-c2ccccc2)cs1. The van der Waals surface area contributed by atoms with E-state index in [9.17, 15) is 9.59 Å². The monoisotopic (exact) mass is 393 g/mol. The summed E-state index contributed by atoms with van der Waals surface area (Å²) < 4.78 is 0. The Morgan fingerprint density at radius 1 is 1.00 bits per heavy atom. The van der Waals surface area contributed by atoms with Gasteiger partial charge in [-0.1, -0.05) is 62.4 Å². The third-order valence-electron chi connectivity index (χ3n) is 4.17. The molecular formula is C22H23N3O2S. The number of aromatic nitrogens is 1. The molecule has 5 nitrogen and oxygen atoms in total. The van der Waals surface area contributed by atoms with Crippen LogP contribution < -0.4 is 10.6 Å². The maximum atomic E-state index is 12.8. The zero-order valence-corrected chi connectivity index (χ0v) is 16.7. The summed E-state index contributed by atoms with van der Waals surface area (Å²) >= 11 is 1.37. The fraction of sp³-hybridized carbons (Fsp3) is 0.227. The molecule has 28 heavy (non-hydrogen) atoms. The van der Waals surface area contributed by atoms with Crippen molar-refractivity contribution in [2.75, 3.05) is 5.32 Å². The first kappa shape index (κ1) is 19.8. The highest BCUT2D eigenvalue weighted by atomic mass is 32.1. The average molecular weight is 394 g/mol. The number of hydrogen-bond donors (Lipinski definition) is 2. The van der Waals surface area contributed by atoms with Gasteiger partial charge in [0.2, 0.25) is 5.91 Å². The molecule has 0 aliphatic heterocycles. The summed E-state index contributed by atoms with van der Waals surface area (Å²) in [6.45, 7) is 4.04. The van der Waals surface area contributed by atoms with Crippen LogP contribution in [-0.4, -0.2) is 22.8 Å². The number of carbonyl (C=O) groups excluding carboxylic acids is 2. The maximum absolute atomic E-state index is 12.8. The fourth-order valence-corrected chi connectivity index (χ4v) is 3.52. The van der Waals surface area contributed by atoms with Crippen LogP contribution in [0.4, 0.5) is 5.13 Å². The molecule has 0 bridgehead atoms. The van der Waals surface area contributed by atoms with Crippen LogP contribution in [-0.2, 0) is 4.79 Å². The van der Waals surface area contributed by atoms with Gasteiger partial charge in [-0.05, 0) is 24.5 Å². The van der Waals surface area contributed by atoms with Gasteiger partial charge in [-0.2, -0.15) is 0 Å². The first-order valence-electron chi connectivity index (χ1n) is 9.20. The minimum absolute atomic E-state index is 0.253. The molecule has 0 fully saturated rings. The molecule has 144 valence electrons. The Morgan fingerprint density at radius 3 is 2.29 bits per heavy atom. The van der Waals surface area contributed by atoms with E-state index in [1.807, 2.05) is 55.6 Å². The molecule has 1 heterocycles. The zero-order chi connectivity index (χ0) is 19.9. The standard InChI is InChI=1S/C22H23N3O2S/c1-15(2)13-18(23-20(26)17-11-7-4-8-12-17)21(27)25-22-24-19(14-28-22)16-9-5-3-6-10-16/h3-12,14-15,18H,13H2,1-2H3,(H,23,26)(H,24,25,27). The smallest absolute Gasteiger partial charge is 0.251 e. The van der Waals surface area contributed by atoms with Crippen LogP contribution in [0.2, 0.25) is 0 Å². The molecule has 2 N–H and O–H groups in total. The molecule has 0 spiro atoms. The number of nitrogens with one attached hydrogen (secondary N) is 2. The Kier molecular flexibility index (Phi) is 6.55. The van der Waals surface area contributed by atoms with E-state index >= 15 is 0 Å². The Morgan fingerprint density at radius 2 is 1.64 bits per heavy atom.